The number of nitrogens with one attached hydrogen (secondary N) is 1. The number of anilines is 1. The zero-order valence-corrected chi connectivity index (χ0v) is 14.1. The number of aromatic nitrogens is 2. The first kappa shape index (κ1) is 17.2. The van der Waals surface area contributed by atoms with Crippen molar-refractivity contribution in [1.82, 2.24) is 10.2 Å². The average Bonchev–Trinajstić information content (AvgIpc) is 3.09. The molecule has 0 fully saturated rings. The highest BCUT2D eigenvalue weighted by atomic mass is 32.2. The van der Waals surface area contributed by atoms with Crippen molar-refractivity contribution in [3.8, 4) is 11.5 Å². The molecular weight excluding hydrogens is 341 g/mol. The smallest absolute Gasteiger partial charge is 0.322 e. The Kier molecular flexibility index (Phi) is 5.79. The predicted octanol–water partition coefficient (Wildman–Crippen LogP) is 4.39. The van der Waals surface area contributed by atoms with E-state index in [0.717, 1.165) is 16.2 Å². The lowest BCUT2D eigenvalue weighted by Gasteiger charge is -2.02. The quantitative estimate of drug-likeness (QED) is 0.502. The van der Waals surface area contributed by atoms with Gasteiger partial charge in [-0.25, -0.2) is 4.39 Å². The monoisotopic (exact) mass is 357 g/mol. The van der Waals surface area contributed by atoms with Crippen molar-refractivity contribution in [2.75, 3.05) is 11.1 Å². The van der Waals surface area contributed by atoms with E-state index in [1.54, 1.807) is 23.9 Å². The SMILES string of the molecule is O=C(CCCSc1ccc(F)cc1)Nc1nnc(-c2ccccc2)o1. The van der Waals surface area contributed by atoms with Gasteiger partial charge >= 0.3 is 6.01 Å². The van der Waals surface area contributed by atoms with E-state index in [9.17, 15) is 9.18 Å². The average molecular weight is 357 g/mol. The Morgan fingerprint density at radius 2 is 1.84 bits per heavy atom. The molecule has 128 valence electrons. The van der Waals surface area contributed by atoms with E-state index in [1.807, 2.05) is 30.3 Å². The lowest BCUT2D eigenvalue weighted by Crippen LogP contribution is -2.11. The second kappa shape index (κ2) is 8.43. The summed E-state index contributed by atoms with van der Waals surface area (Å²) in [6, 6.07) is 15.7. The van der Waals surface area contributed by atoms with Gasteiger partial charge in [0.05, 0.1) is 0 Å². The molecule has 7 heteroatoms. The molecule has 0 bridgehead atoms. The Morgan fingerprint density at radius 3 is 2.60 bits per heavy atom. The van der Waals surface area contributed by atoms with Gasteiger partial charge in [-0.15, -0.1) is 16.9 Å². The number of hydrogen-bond donors (Lipinski definition) is 1. The Balaban J connectivity index is 1.42. The number of hydrogen-bond acceptors (Lipinski definition) is 5. The van der Waals surface area contributed by atoms with Crippen molar-refractivity contribution in [3.63, 3.8) is 0 Å². The number of benzene rings is 2. The van der Waals surface area contributed by atoms with Gasteiger partial charge < -0.3 is 4.42 Å². The summed E-state index contributed by atoms with van der Waals surface area (Å²) in [6.07, 6.45) is 1.03. The fraction of sp³-hybridized carbons (Fsp3) is 0.167. The van der Waals surface area contributed by atoms with E-state index in [-0.39, 0.29) is 17.7 Å². The van der Waals surface area contributed by atoms with Gasteiger partial charge in [0.2, 0.25) is 11.8 Å². The second-order valence-electron chi connectivity index (χ2n) is 5.23. The van der Waals surface area contributed by atoms with Gasteiger partial charge in [-0.1, -0.05) is 23.3 Å². The molecule has 5 nitrogen and oxygen atoms in total. The van der Waals surface area contributed by atoms with Crippen molar-refractivity contribution in [2.45, 2.75) is 17.7 Å². The van der Waals surface area contributed by atoms with Crippen LogP contribution in [0.15, 0.2) is 63.9 Å². The molecule has 0 radical (unpaired) electrons. The molecule has 0 spiro atoms. The van der Waals surface area contributed by atoms with Crippen molar-refractivity contribution in [3.05, 3.63) is 60.4 Å². The third kappa shape index (κ3) is 5.15. The number of halogens is 1. The minimum atomic E-state index is -0.252. The van der Waals surface area contributed by atoms with E-state index in [4.69, 9.17) is 4.42 Å². The molecule has 0 atom stereocenters. The van der Waals surface area contributed by atoms with Crippen molar-refractivity contribution in [1.29, 1.82) is 0 Å². The van der Waals surface area contributed by atoms with Crippen LogP contribution >= 0.6 is 11.8 Å². The molecule has 0 unspecified atom stereocenters. The van der Waals surface area contributed by atoms with E-state index in [1.165, 1.54) is 12.1 Å². The molecule has 3 rings (SSSR count). The molecule has 0 aliphatic carbocycles. The molecule has 1 aromatic heterocycles. The second-order valence-corrected chi connectivity index (χ2v) is 6.40. The summed E-state index contributed by atoms with van der Waals surface area (Å²) < 4.78 is 18.2. The van der Waals surface area contributed by atoms with Gasteiger partial charge in [0.15, 0.2) is 0 Å². The van der Waals surface area contributed by atoms with Crippen LogP contribution in [0.25, 0.3) is 11.5 Å². The van der Waals surface area contributed by atoms with E-state index in [0.29, 0.717) is 18.7 Å². The molecule has 0 aliphatic rings. The van der Waals surface area contributed by atoms with Gasteiger partial charge in [-0.05, 0) is 48.6 Å². The van der Waals surface area contributed by atoms with Gasteiger partial charge in [-0.2, -0.15) is 0 Å². The highest BCUT2D eigenvalue weighted by Crippen LogP contribution is 2.21. The summed E-state index contributed by atoms with van der Waals surface area (Å²) >= 11 is 1.58. The molecule has 1 amide bonds. The van der Waals surface area contributed by atoms with Crippen LogP contribution in [0, 0.1) is 5.82 Å². The van der Waals surface area contributed by atoms with Crippen LogP contribution < -0.4 is 5.32 Å². The highest BCUT2D eigenvalue weighted by molar-refractivity contribution is 7.99. The summed E-state index contributed by atoms with van der Waals surface area (Å²) in [5, 5.41) is 10.3. The third-order valence-electron chi connectivity index (χ3n) is 3.32. The zero-order valence-electron chi connectivity index (χ0n) is 13.3. The van der Waals surface area contributed by atoms with Gasteiger partial charge in [-0.3, -0.25) is 10.1 Å². The largest absolute Gasteiger partial charge is 0.403 e. The van der Waals surface area contributed by atoms with E-state index in [2.05, 4.69) is 15.5 Å². The summed E-state index contributed by atoms with van der Waals surface area (Å²) in [6.45, 7) is 0. The molecule has 2 aromatic carbocycles. The van der Waals surface area contributed by atoms with Crippen LogP contribution in [0.4, 0.5) is 10.4 Å². The Bertz CT molecular complexity index is 822. The lowest BCUT2D eigenvalue weighted by molar-refractivity contribution is -0.116. The highest BCUT2D eigenvalue weighted by Gasteiger charge is 2.11. The molecule has 0 aliphatic heterocycles. The maximum Gasteiger partial charge on any atom is 0.322 e. The fourth-order valence-corrected chi connectivity index (χ4v) is 2.96. The number of carbonyl (C=O) groups excluding carboxylic acids is 1. The number of thioether (sulfide) groups is 1. The number of rotatable bonds is 7. The first-order valence-electron chi connectivity index (χ1n) is 7.78. The molecule has 1 N–H and O–H groups in total. The molecular formula is C18H16FN3O2S. The van der Waals surface area contributed by atoms with Gasteiger partial charge in [0, 0.05) is 16.9 Å². The van der Waals surface area contributed by atoms with Gasteiger partial charge in [0.1, 0.15) is 5.82 Å². The van der Waals surface area contributed by atoms with E-state index >= 15 is 0 Å². The summed E-state index contributed by atoms with van der Waals surface area (Å²) in [4.78, 5) is 12.9. The Morgan fingerprint density at radius 1 is 1.08 bits per heavy atom. The van der Waals surface area contributed by atoms with Crippen LogP contribution in [-0.4, -0.2) is 21.9 Å². The van der Waals surface area contributed by atoms with Crippen LogP contribution in [-0.2, 0) is 4.79 Å². The van der Waals surface area contributed by atoms with Crippen LogP contribution in [0.5, 0.6) is 0 Å². The zero-order chi connectivity index (χ0) is 17.5. The molecule has 1 heterocycles. The summed E-state index contributed by atoms with van der Waals surface area (Å²) in [7, 11) is 0. The van der Waals surface area contributed by atoms with E-state index < -0.39 is 0 Å². The first-order chi connectivity index (χ1) is 12.2. The topological polar surface area (TPSA) is 68.0 Å². The summed E-state index contributed by atoms with van der Waals surface area (Å²) in [5.41, 5.74) is 0.797. The molecule has 0 saturated carbocycles. The molecule has 3 aromatic rings. The minimum absolute atomic E-state index is 0.0926. The standard InChI is InChI=1S/C18H16FN3O2S/c19-14-8-10-15(11-9-14)25-12-4-7-16(23)20-18-22-21-17(24-18)13-5-2-1-3-6-13/h1-3,5-6,8-11H,4,7,12H2,(H,20,22,23). The van der Waals surface area contributed by atoms with Crippen LogP contribution in [0.2, 0.25) is 0 Å². The van der Waals surface area contributed by atoms with Crippen molar-refractivity contribution in [2.24, 2.45) is 0 Å². The molecule has 0 saturated heterocycles. The maximum absolute atomic E-state index is 12.8. The fourth-order valence-electron chi connectivity index (χ4n) is 2.11. The Labute approximate surface area is 148 Å². The number of carbonyl (C=O) groups is 1. The van der Waals surface area contributed by atoms with Crippen LogP contribution in [0.1, 0.15) is 12.8 Å². The first-order valence-corrected chi connectivity index (χ1v) is 8.76. The maximum atomic E-state index is 12.8. The van der Waals surface area contributed by atoms with Crippen molar-refractivity contribution < 1.29 is 13.6 Å². The third-order valence-corrected chi connectivity index (χ3v) is 4.42. The molecule has 25 heavy (non-hydrogen) atoms. The summed E-state index contributed by atoms with van der Waals surface area (Å²) in [5.74, 6) is 0.696. The lowest BCUT2D eigenvalue weighted by atomic mass is 10.2. The predicted molar refractivity (Wildman–Crippen MR) is 94.7 cm³/mol. The van der Waals surface area contributed by atoms with Crippen molar-refractivity contribution >= 4 is 23.7 Å². The number of nitrogens with zero attached hydrogens (tertiary/aromatic N) is 2. The van der Waals surface area contributed by atoms with Gasteiger partial charge in [0.25, 0.3) is 0 Å². The Hall–Kier alpha value is -2.67. The van der Waals surface area contributed by atoms with Crippen LogP contribution in [0.3, 0.4) is 0 Å². The number of amides is 1. The normalized spacial score (nSPS) is 10.6. The minimum Gasteiger partial charge on any atom is -0.403 e.